The molecule has 0 aliphatic carbocycles. The lowest BCUT2D eigenvalue weighted by Crippen LogP contribution is -2.30. The van der Waals surface area contributed by atoms with Gasteiger partial charge < -0.3 is 25.3 Å². The maximum Gasteiger partial charge on any atom is 0.202 e. The Hall–Kier alpha value is -3.94. The third kappa shape index (κ3) is 8.85. The normalized spacial score (nSPS) is 10.6. The molecule has 0 unspecified atom stereocenters. The van der Waals surface area contributed by atoms with Crippen molar-refractivity contribution < 1.29 is 13.5 Å². The molecular weight excluding hydrogens is 796 g/mol. The van der Waals surface area contributed by atoms with Gasteiger partial charge in [0.05, 0.1) is 27.6 Å². The highest BCUT2D eigenvalue weighted by molar-refractivity contribution is 9.10. The molecular formula is C34H35BrCl4F2N8O. The Kier molecular flexibility index (Phi) is 14.6. The molecule has 0 bridgehead atoms. The molecule has 6 rings (SSSR count). The molecule has 50 heavy (non-hydrogen) atoms. The van der Waals surface area contributed by atoms with Crippen LogP contribution in [0.1, 0.15) is 38.8 Å². The predicted octanol–water partition coefficient (Wildman–Crippen LogP) is 9.94. The zero-order valence-electron chi connectivity index (χ0n) is 27.1. The number of nitrogens with one attached hydrogen (secondary N) is 6. The minimum atomic E-state index is -1.15. The van der Waals surface area contributed by atoms with E-state index in [1.165, 1.54) is 12.1 Å². The van der Waals surface area contributed by atoms with Crippen molar-refractivity contribution in [2.45, 2.75) is 39.8 Å². The molecule has 4 aromatic carbocycles. The Labute approximate surface area is 320 Å². The lowest BCUT2D eigenvalue weighted by atomic mass is 10.1. The van der Waals surface area contributed by atoms with E-state index in [1.54, 1.807) is 36.4 Å². The number of aromatic amines is 2. The molecule has 0 amide bonds. The number of rotatable bonds is 8. The molecule has 9 nitrogen and oxygen atoms in total. The number of amidine groups is 2. The Bertz CT molecular complexity index is 2160. The standard InChI is InChI=1S/C34H31BrF2N8O.4ClH/c1-16(2)40-31(38)18-5-10-24-26(13-18)44-33(42-24)21-8-7-20(15-23(21)35)46-28-12-9-22(29(36)30(28)37)34-43-25-11-6-19(14-27(25)45-34)32(39)41-17(3)4;;;;/h5-17H,1-4H3,(H2,38,40)(H2,39,41)(H,42,44)(H,43,45);4*1H. The molecule has 266 valence electrons. The maximum absolute atomic E-state index is 15.3. The van der Waals surface area contributed by atoms with Crippen LogP contribution < -0.4 is 15.4 Å². The van der Waals surface area contributed by atoms with E-state index in [2.05, 4.69) is 46.5 Å². The highest BCUT2D eigenvalue weighted by atomic mass is 79.9. The van der Waals surface area contributed by atoms with Crippen LogP contribution in [-0.4, -0.2) is 43.7 Å². The zero-order chi connectivity index (χ0) is 32.7. The average Bonchev–Trinajstić information content (AvgIpc) is 3.62. The molecule has 6 N–H and O–H groups in total. The molecule has 0 aliphatic heterocycles. The van der Waals surface area contributed by atoms with Gasteiger partial charge in [0.2, 0.25) is 5.82 Å². The summed E-state index contributed by atoms with van der Waals surface area (Å²) in [6.07, 6.45) is 0. The first-order valence-electron chi connectivity index (χ1n) is 14.6. The SMILES string of the molecule is CC(C)NC(=N)c1ccc2nc(-c3ccc(Oc4ccc(-c5nc6ccc(C(=N)NC(C)C)cc6[nH]5)c(F)c4F)cc3Br)[nH]c2c1.Cl.Cl.Cl.Cl. The van der Waals surface area contributed by atoms with Crippen molar-refractivity contribution in [1.82, 2.24) is 30.6 Å². The molecule has 0 saturated heterocycles. The fraction of sp³-hybridized carbons (Fsp3) is 0.176. The number of fused-ring (bicyclic) bond motifs is 2. The van der Waals surface area contributed by atoms with Gasteiger partial charge in [-0.1, -0.05) is 0 Å². The summed E-state index contributed by atoms with van der Waals surface area (Å²) in [5.41, 5.74) is 4.77. The second-order valence-corrected chi connectivity index (χ2v) is 12.3. The lowest BCUT2D eigenvalue weighted by molar-refractivity contribution is 0.417. The van der Waals surface area contributed by atoms with Gasteiger partial charge in [-0.15, -0.1) is 49.6 Å². The first-order valence-corrected chi connectivity index (χ1v) is 15.4. The van der Waals surface area contributed by atoms with E-state index in [9.17, 15) is 0 Å². The first kappa shape index (κ1) is 42.2. The molecule has 0 radical (unpaired) electrons. The van der Waals surface area contributed by atoms with Crippen LogP contribution in [0, 0.1) is 22.5 Å². The van der Waals surface area contributed by atoms with Crippen molar-refractivity contribution in [3.05, 3.63) is 94.0 Å². The van der Waals surface area contributed by atoms with Crippen LogP contribution >= 0.6 is 65.6 Å². The number of hydrogen-bond acceptors (Lipinski definition) is 5. The van der Waals surface area contributed by atoms with Crippen molar-refractivity contribution in [2.75, 3.05) is 0 Å². The molecule has 6 aromatic rings. The minimum absolute atomic E-state index is 0. The van der Waals surface area contributed by atoms with Crippen LogP contribution in [0.4, 0.5) is 8.78 Å². The number of benzene rings is 4. The molecule has 0 aliphatic rings. The highest BCUT2D eigenvalue weighted by Crippen LogP contribution is 2.36. The topological polar surface area (TPSA) is 138 Å². The van der Waals surface area contributed by atoms with Gasteiger partial charge in [-0.25, -0.2) is 14.4 Å². The summed E-state index contributed by atoms with van der Waals surface area (Å²) >= 11 is 3.56. The minimum Gasteiger partial charge on any atom is -0.454 e. The Morgan fingerprint density at radius 1 is 0.680 bits per heavy atom. The molecule has 0 saturated carbocycles. The van der Waals surface area contributed by atoms with Crippen LogP contribution in [0.2, 0.25) is 0 Å². The number of aromatic nitrogens is 4. The zero-order valence-corrected chi connectivity index (χ0v) is 31.9. The molecule has 0 fully saturated rings. The van der Waals surface area contributed by atoms with Gasteiger partial charge in [0.1, 0.15) is 29.1 Å². The van der Waals surface area contributed by atoms with E-state index >= 15 is 8.78 Å². The Morgan fingerprint density at radius 3 is 1.64 bits per heavy atom. The fourth-order valence-corrected chi connectivity index (χ4v) is 5.55. The number of halogens is 7. The van der Waals surface area contributed by atoms with E-state index in [1.807, 2.05) is 45.9 Å². The molecule has 2 aromatic heterocycles. The van der Waals surface area contributed by atoms with Gasteiger partial charge in [-0.05, 0) is 110 Å². The number of H-pyrrole nitrogens is 2. The largest absolute Gasteiger partial charge is 0.454 e. The van der Waals surface area contributed by atoms with Crippen molar-refractivity contribution in [3.63, 3.8) is 0 Å². The van der Waals surface area contributed by atoms with Crippen molar-refractivity contribution in [2.24, 2.45) is 0 Å². The van der Waals surface area contributed by atoms with Gasteiger partial charge in [0, 0.05) is 33.2 Å². The van der Waals surface area contributed by atoms with Gasteiger partial charge >= 0.3 is 0 Å². The van der Waals surface area contributed by atoms with Gasteiger partial charge in [0.15, 0.2) is 11.6 Å². The second kappa shape index (κ2) is 17.3. The van der Waals surface area contributed by atoms with Gasteiger partial charge in [-0.2, -0.15) is 4.39 Å². The van der Waals surface area contributed by atoms with Gasteiger partial charge in [-0.3, -0.25) is 10.8 Å². The Morgan fingerprint density at radius 2 is 1.16 bits per heavy atom. The third-order valence-corrected chi connectivity index (χ3v) is 7.79. The lowest BCUT2D eigenvalue weighted by Gasteiger charge is -2.11. The quantitative estimate of drug-likeness (QED) is 0.0670. The van der Waals surface area contributed by atoms with E-state index in [4.69, 9.17) is 15.6 Å². The second-order valence-electron chi connectivity index (χ2n) is 11.5. The third-order valence-electron chi connectivity index (χ3n) is 7.13. The maximum atomic E-state index is 15.3. The number of ether oxygens (including phenoxy) is 1. The monoisotopic (exact) mass is 828 g/mol. The molecule has 16 heteroatoms. The van der Waals surface area contributed by atoms with Gasteiger partial charge in [0.25, 0.3) is 0 Å². The number of imidazole rings is 2. The smallest absolute Gasteiger partial charge is 0.202 e. The molecule has 0 atom stereocenters. The van der Waals surface area contributed by atoms with E-state index < -0.39 is 11.6 Å². The van der Waals surface area contributed by atoms with E-state index in [0.29, 0.717) is 38.5 Å². The summed E-state index contributed by atoms with van der Waals surface area (Å²) in [6.45, 7) is 7.84. The highest BCUT2D eigenvalue weighted by Gasteiger charge is 2.20. The summed E-state index contributed by atoms with van der Waals surface area (Å²) in [7, 11) is 0. The van der Waals surface area contributed by atoms with Crippen LogP contribution in [0.3, 0.4) is 0 Å². The van der Waals surface area contributed by atoms with Crippen molar-refractivity contribution in [1.29, 1.82) is 10.8 Å². The summed E-state index contributed by atoms with van der Waals surface area (Å²) in [6, 6.07) is 18.9. The Balaban J connectivity index is 0.00000217. The summed E-state index contributed by atoms with van der Waals surface area (Å²) in [5.74, 6) is -0.875. The number of hydrogen-bond donors (Lipinski definition) is 6. The summed E-state index contributed by atoms with van der Waals surface area (Å²) < 4.78 is 37.0. The van der Waals surface area contributed by atoms with Crippen molar-refractivity contribution in [3.8, 4) is 34.3 Å². The summed E-state index contributed by atoms with van der Waals surface area (Å²) in [4.78, 5) is 15.4. The van der Waals surface area contributed by atoms with E-state index in [0.717, 1.165) is 22.2 Å². The predicted molar refractivity (Wildman–Crippen MR) is 210 cm³/mol. The fourth-order valence-electron chi connectivity index (χ4n) is 5.00. The average molecular weight is 831 g/mol. The van der Waals surface area contributed by atoms with E-state index in [-0.39, 0.29) is 84.7 Å². The molecule has 0 spiro atoms. The van der Waals surface area contributed by atoms with Crippen molar-refractivity contribution >= 4 is 99.3 Å². The molecule has 2 heterocycles. The van der Waals surface area contributed by atoms with Crippen LogP contribution in [0.5, 0.6) is 11.5 Å². The first-order chi connectivity index (χ1) is 22.0. The van der Waals surface area contributed by atoms with Crippen LogP contribution in [0.15, 0.2) is 71.2 Å². The number of nitrogens with zero attached hydrogens (tertiary/aromatic N) is 2. The van der Waals surface area contributed by atoms with Crippen LogP contribution in [-0.2, 0) is 0 Å². The summed E-state index contributed by atoms with van der Waals surface area (Å²) in [5, 5.41) is 22.6. The van der Waals surface area contributed by atoms with Crippen LogP contribution in [0.25, 0.3) is 44.8 Å².